The fourth-order valence-corrected chi connectivity index (χ4v) is 2.94. The summed E-state index contributed by atoms with van der Waals surface area (Å²) in [4.78, 5) is 4.52. The Morgan fingerprint density at radius 2 is 1.86 bits per heavy atom. The first-order valence-electron chi connectivity index (χ1n) is 7.09. The quantitative estimate of drug-likeness (QED) is 0.891. The van der Waals surface area contributed by atoms with Crippen LogP contribution in [0.3, 0.4) is 0 Å². The van der Waals surface area contributed by atoms with E-state index in [0.29, 0.717) is 0 Å². The topological polar surface area (TPSA) is 24.4 Å². The molecule has 0 radical (unpaired) electrons. The fraction of sp³-hybridized carbons (Fsp3) is 0.167. The van der Waals surface area contributed by atoms with Crippen LogP contribution in [0.15, 0.2) is 65.7 Å². The number of hydrogen-bond acceptors (Lipinski definition) is 3. The molecule has 0 saturated heterocycles. The van der Waals surface area contributed by atoms with Crippen molar-refractivity contribution in [2.45, 2.75) is 6.92 Å². The molecule has 0 unspecified atom stereocenters. The molecule has 3 rings (SSSR count). The Balaban J connectivity index is 1.92. The minimum absolute atomic E-state index is 0.920. The maximum Gasteiger partial charge on any atom is 0.0926 e. The Bertz CT molecular complexity index is 657. The van der Waals surface area contributed by atoms with Crippen molar-refractivity contribution in [3.05, 3.63) is 71.8 Å². The van der Waals surface area contributed by atoms with E-state index in [0.717, 1.165) is 28.7 Å². The van der Waals surface area contributed by atoms with Crippen LogP contribution in [0.5, 0.6) is 0 Å². The summed E-state index contributed by atoms with van der Waals surface area (Å²) in [7, 11) is 0. The normalized spacial score (nSPS) is 14.9. The minimum Gasteiger partial charge on any atom is -0.355 e. The summed E-state index contributed by atoms with van der Waals surface area (Å²) in [6.45, 7) is 3.03. The second-order valence-corrected chi connectivity index (χ2v) is 6.10. The van der Waals surface area contributed by atoms with Crippen molar-refractivity contribution < 1.29 is 0 Å². The van der Waals surface area contributed by atoms with Gasteiger partial charge in [0.15, 0.2) is 0 Å². The molecule has 0 fully saturated rings. The molecule has 1 aliphatic rings. The van der Waals surface area contributed by atoms with Gasteiger partial charge in [-0.25, -0.2) is 0 Å². The first kappa shape index (κ1) is 14.0. The zero-order valence-electron chi connectivity index (χ0n) is 12.0. The summed E-state index contributed by atoms with van der Waals surface area (Å²) in [5, 5.41) is 4.61. The molecule has 106 valence electrons. The van der Waals surface area contributed by atoms with E-state index in [9.17, 15) is 0 Å². The van der Waals surface area contributed by atoms with Crippen molar-refractivity contribution in [1.82, 2.24) is 0 Å². The van der Waals surface area contributed by atoms with E-state index in [4.69, 9.17) is 0 Å². The van der Waals surface area contributed by atoms with Gasteiger partial charge in [0.1, 0.15) is 0 Å². The SMILES string of the molecule is Cc1ccc(C(=CC2=NCCS2)Nc2ccccc2)cc1. The van der Waals surface area contributed by atoms with Crippen molar-refractivity contribution in [3.8, 4) is 0 Å². The largest absolute Gasteiger partial charge is 0.355 e. The van der Waals surface area contributed by atoms with Crippen LogP contribution in [0.1, 0.15) is 11.1 Å². The van der Waals surface area contributed by atoms with Crippen LogP contribution in [0.4, 0.5) is 5.69 Å². The molecule has 21 heavy (non-hydrogen) atoms. The summed E-state index contributed by atoms with van der Waals surface area (Å²) in [5.74, 6) is 1.08. The zero-order chi connectivity index (χ0) is 14.5. The smallest absolute Gasteiger partial charge is 0.0926 e. The van der Waals surface area contributed by atoms with Crippen molar-refractivity contribution in [2.75, 3.05) is 17.6 Å². The molecular weight excluding hydrogens is 276 g/mol. The maximum atomic E-state index is 4.52. The Labute approximate surface area is 130 Å². The number of hydrogen-bond donors (Lipinski definition) is 1. The minimum atomic E-state index is 0.920. The highest BCUT2D eigenvalue weighted by Gasteiger charge is 2.08. The van der Waals surface area contributed by atoms with Gasteiger partial charge in [-0.3, -0.25) is 4.99 Å². The van der Waals surface area contributed by atoms with Crippen molar-refractivity contribution in [2.24, 2.45) is 4.99 Å². The molecule has 1 heterocycles. The molecule has 0 atom stereocenters. The Hall–Kier alpha value is -2.00. The van der Waals surface area contributed by atoms with Crippen LogP contribution < -0.4 is 5.32 Å². The lowest BCUT2D eigenvalue weighted by molar-refractivity contribution is 1.18. The summed E-state index contributed by atoms with van der Waals surface area (Å²) in [5.41, 5.74) is 4.63. The molecule has 0 aromatic heterocycles. The Kier molecular flexibility index (Phi) is 4.41. The third-order valence-electron chi connectivity index (χ3n) is 3.29. The lowest BCUT2D eigenvalue weighted by Crippen LogP contribution is -2.01. The lowest BCUT2D eigenvalue weighted by atomic mass is 10.1. The number of aliphatic imine (C=N–C) groups is 1. The molecule has 0 aliphatic carbocycles. The number of nitrogens with zero attached hydrogens (tertiary/aromatic N) is 1. The van der Waals surface area contributed by atoms with Gasteiger partial charge in [-0.15, -0.1) is 11.8 Å². The van der Waals surface area contributed by atoms with E-state index in [-0.39, 0.29) is 0 Å². The fourth-order valence-electron chi connectivity index (χ4n) is 2.16. The molecule has 0 spiro atoms. The summed E-state index contributed by atoms with van der Waals surface area (Å²) >= 11 is 1.81. The highest BCUT2D eigenvalue weighted by atomic mass is 32.2. The summed E-state index contributed by atoms with van der Waals surface area (Å²) in [6, 6.07) is 18.8. The summed E-state index contributed by atoms with van der Waals surface area (Å²) in [6.07, 6.45) is 2.15. The number of anilines is 1. The molecule has 1 aliphatic heterocycles. The predicted molar refractivity (Wildman–Crippen MR) is 94.0 cm³/mol. The highest BCUT2D eigenvalue weighted by Crippen LogP contribution is 2.22. The number of para-hydroxylation sites is 1. The average Bonchev–Trinajstić information content (AvgIpc) is 3.01. The number of thioether (sulfide) groups is 1. The van der Waals surface area contributed by atoms with Crippen LogP contribution in [-0.2, 0) is 0 Å². The van der Waals surface area contributed by atoms with E-state index in [1.807, 2.05) is 30.0 Å². The van der Waals surface area contributed by atoms with E-state index in [1.165, 1.54) is 11.1 Å². The molecule has 1 N–H and O–H groups in total. The standard InChI is InChI=1S/C18H18N2S/c1-14-7-9-15(10-8-14)17(13-18-19-11-12-21-18)20-16-5-3-2-4-6-16/h2-10,13,20H,11-12H2,1H3. The van der Waals surface area contributed by atoms with Gasteiger partial charge in [-0.05, 0) is 30.7 Å². The number of nitrogens with one attached hydrogen (secondary N) is 1. The zero-order valence-corrected chi connectivity index (χ0v) is 12.9. The molecule has 2 nitrogen and oxygen atoms in total. The molecule has 2 aromatic carbocycles. The average molecular weight is 294 g/mol. The van der Waals surface area contributed by atoms with Crippen LogP contribution >= 0.6 is 11.8 Å². The van der Waals surface area contributed by atoms with Crippen LogP contribution in [-0.4, -0.2) is 17.3 Å². The third kappa shape index (κ3) is 3.76. The van der Waals surface area contributed by atoms with Crippen LogP contribution in [0.2, 0.25) is 0 Å². The molecule has 0 saturated carbocycles. The van der Waals surface area contributed by atoms with Crippen LogP contribution in [0.25, 0.3) is 5.70 Å². The first-order valence-corrected chi connectivity index (χ1v) is 8.08. The maximum absolute atomic E-state index is 4.52. The first-order chi connectivity index (χ1) is 10.3. The van der Waals surface area contributed by atoms with E-state index in [1.54, 1.807) is 0 Å². The van der Waals surface area contributed by atoms with E-state index >= 15 is 0 Å². The van der Waals surface area contributed by atoms with Gasteiger partial charge in [0.2, 0.25) is 0 Å². The number of rotatable bonds is 4. The van der Waals surface area contributed by atoms with Gasteiger partial charge >= 0.3 is 0 Å². The second-order valence-electron chi connectivity index (χ2n) is 4.98. The Morgan fingerprint density at radius 3 is 2.52 bits per heavy atom. The second kappa shape index (κ2) is 6.64. The van der Waals surface area contributed by atoms with E-state index < -0.39 is 0 Å². The molecule has 0 amide bonds. The number of benzene rings is 2. The lowest BCUT2D eigenvalue weighted by Gasteiger charge is -2.12. The highest BCUT2D eigenvalue weighted by molar-refractivity contribution is 8.14. The van der Waals surface area contributed by atoms with Crippen LogP contribution in [0, 0.1) is 6.92 Å². The molecule has 3 heteroatoms. The molecule has 0 bridgehead atoms. The van der Waals surface area contributed by atoms with Gasteiger partial charge in [-0.1, -0.05) is 48.0 Å². The summed E-state index contributed by atoms with van der Waals surface area (Å²) < 4.78 is 0. The number of aryl methyl sites for hydroxylation is 1. The predicted octanol–water partition coefficient (Wildman–Crippen LogP) is 4.59. The van der Waals surface area contributed by atoms with Gasteiger partial charge in [0.25, 0.3) is 0 Å². The van der Waals surface area contributed by atoms with Gasteiger partial charge in [0, 0.05) is 23.7 Å². The third-order valence-corrected chi connectivity index (χ3v) is 4.22. The monoisotopic (exact) mass is 294 g/mol. The molecular formula is C18H18N2S. The van der Waals surface area contributed by atoms with Crippen molar-refractivity contribution in [3.63, 3.8) is 0 Å². The van der Waals surface area contributed by atoms with Gasteiger partial charge in [0.05, 0.1) is 5.04 Å². The van der Waals surface area contributed by atoms with Crippen molar-refractivity contribution >= 4 is 28.2 Å². The molecule has 2 aromatic rings. The Morgan fingerprint density at radius 1 is 1.10 bits per heavy atom. The van der Waals surface area contributed by atoms with Gasteiger partial charge in [-0.2, -0.15) is 0 Å². The van der Waals surface area contributed by atoms with Crippen molar-refractivity contribution in [1.29, 1.82) is 0 Å². The van der Waals surface area contributed by atoms with E-state index in [2.05, 4.69) is 59.7 Å². The van der Waals surface area contributed by atoms with Gasteiger partial charge < -0.3 is 5.32 Å².